The van der Waals surface area contributed by atoms with Crippen molar-refractivity contribution in [2.45, 2.75) is 6.92 Å². The minimum Gasteiger partial charge on any atom is -0.493 e. The zero-order valence-corrected chi connectivity index (χ0v) is 18.0. The lowest BCUT2D eigenvalue weighted by molar-refractivity contribution is 0.102. The van der Waals surface area contributed by atoms with Gasteiger partial charge in [0.1, 0.15) is 16.9 Å². The molecule has 8 nitrogen and oxygen atoms in total. The van der Waals surface area contributed by atoms with Crippen LogP contribution in [0.15, 0.2) is 48.5 Å². The lowest BCUT2D eigenvalue weighted by Crippen LogP contribution is -2.13. The summed E-state index contributed by atoms with van der Waals surface area (Å²) in [5.41, 5.74) is 3.60. The first-order valence-corrected chi connectivity index (χ1v) is 9.68. The van der Waals surface area contributed by atoms with Crippen molar-refractivity contribution in [1.82, 2.24) is 15.0 Å². The number of hydrogen-bond acceptors (Lipinski definition) is 6. The zero-order chi connectivity index (χ0) is 22.8. The third-order valence-electron chi connectivity index (χ3n) is 4.96. The molecule has 0 aliphatic carbocycles. The third kappa shape index (κ3) is 3.92. The van der Waals surface area contributed by atoms with E-state index in [-0.39, 0.29) is 11.7 Å². The monoisotopic (exact) mass is 436 g/mol. The van der Waals surface area contributed by atoms with E-state index in [2.05, 4.69) is 15.5 Å². The van der Waals surface area contributed by atoms with Crippen LogP contribution >= 0.6 is 0 Å². The highest BCUT2D eigenvalue weighted by atomic mass is 19.1. The standard InChI is InChI=1S/C23H21FN4O4/c1-13-9-18-19(27-28(26-18)16-7-5-15(24)6-8-16)12-17(13)25-23(29)14-10-20(30-2)22(32-4)21(11-14)31-3/h5-12H,1-4H3,(H,25,29). The Kier molecular flexibility index (Phi) is 5.63. The van der Waals surface area contributed by atoms with Crippen molar-refractivity contribution in [3.05, 3.63) is 65.5 Å². The maximum Gasteiger partial charge on any atom is 0.255 e. The van der Waals surface area contributed by atoms with Gasteiger partial charge in [-0.3, -0.25) is 4.79 Å². The molecule has 1 aromatic heterocycles. The minimum absolute atomic E-state index is 0.335. The maximum atomic E-state index is 13.2. The number of hydrogen-bond donors (Lipinski definition) is 1. The van der Waals surface area contributed by atoms with Crippen LogP contribution in [0, 0.1) is 12.7 Å². The Hall–Kier alpha value is -4.14. The normalized spacial score (nSPS) is 10.8. The number of carbonyl (C=O) groups is 1. The van der Waals surface area contributed by atoms with Crippen LogP contribution in [0.5, 0.6) is 17.2 Å². The Morgan fingerprint density at radius 3 is 2.06 bits per heavy atom. The fraction of sp³-hybridized carbons (Fsp3) is 0.174. The molecule has 3 aromatic carbocycles. The molecule has 0 unspecified atom stereocenters. The van der Waals surface area contributed by atoms with Crippen LogP contribution in [-0.2, 0) is 0 Å². The van der Waals surface area contributed by atoms with Gasteiger partial charge in [-0.1, -0.05) is 0 Å². The van der Waals surface area contributed by atoms with E-state index in [1.165, 1.54) is 38.3 Å². The van der Waals surface area contributed by atoms with Gasteiger partial charge in [0.05, 0.1) is 27.0 Å². The number of ether oxygens (including phenoxy) is 3. The Labute approximate surface area is 183 Å². The topological polar surface area (TPSA) is 87.5 Å². The summed E-state index contributed by atoms with van der Waals surface area (Å²) >= 11 is 0. The van der Waals surface area contributed by atoms with Gasteiger partial charge < -0.3 is 19.5 Å². The molecular formula is C23H21FN4O4. The number of amides is 1. The molecule has 0 fully saturated rings. The van der Waals surface area contributed by atoms with Gasteiger partial charge >= 0.3 is 0 Å². The summed E-state index contributed by atoms with van der Waals surface area (Å²) in [7, 11) is 4.47. The number of nitrogens with zero attached hydrogens (tertiary/aromatic N) is 3. The van der Waals surface area contributed by atoms with Crippen molar-refractivity contribution in [1.29, 1.82) is 0 Å². The molecule has 164 valence electrons. The number of methoxy groups -OCH3 is 3. The number of aryl methyl sites for hydroxylation is 1. The van der Waals surface area contributed by atoms with Gasteiger partial charge in [0.25, 0.3) is 5.91 Å². The average molecular weight is 436 g/mol. The summed E-state index contributed by atoms with van der Waals surface area (Å²) in [5.74, 6) is 0.482. The first kappa shape index (κ1) is 21.1. The Bertz CT molecular complexity index is 1280. The van der Waals surface area contributed by atoms with E-state index in [1.807, 2.05) is 13.0 Å². The van der Waals surface area contributed by atoms with Crippen LogP contribution in [0.2, 0.25) is 0 Å². The average Bonchev–Trinajstić information content (AvgIpc) is 3.21. The molecular weight excluding hydrogens is 415 g/mol. The molecule has 1 amide bonds. The molecule has 0 saturated heterocycles. The van der Waals surface area contributed by atoms with Gasteiger partial charge in [-0.05, 0) is 61.0 Å². The molecule has 32 heavy (non-hydrogen) atoms. The molecule has 0 aliphatic rings. The molecule has 0 saturated carbocycles. The number of carbonyl (C=O) groups excluding carboxylic acids is 1. The smallest absolute Gasteiger partial charge is 0.255 e. The van der Waals surface area contributed by atoms with Crippen molar-refractivity contribution in [2.75, 3.05) is 26.6 Å². The van der Waals surface area contributed by atoms with Gasteiger partial charge in [-0.25, -0.2) is 4.39 Å². The van der Waals surface area contributed by atoms with Crippen molar-refractivity contribution in [2.24, 2.45) is 0 Å². The maximum absolute atomic E-state index is 13.2. The lowest BCUT2D eigenvalue weighted by Gasteiger charge is -2.14. The van der Waals surface area contributed by atoms with E-state index in [9.17, 15) is 9.18 Å². The van der Waals surface area contributed by atoms with Crippen molar-refractivity contribution in [3.8, 4) is 22.9 Å². The summed E-state index contributed by atoms with van der Waals surface area (Å²) in [4.78, 5) is 14.4. The molecule has 0 radical (unpaired) electrons. The number of rotatable bonds is 6. The number of halogens is 1. The quantitative estimate of drug-likeness (QED) is 0.489. The summed E-state index contributed by atoms with van der Waals surface area (Å²) in [6, 6.07) is 12.6. The summed E-state index contributed by atoms with van der Waals surface area (Å²) < 4.78 is 29.2. The predicted octanol–water partition coefficient (Wildman–Crippen LogP) is 4.15. The van der Waals surface area contributed by atoms with Crippen LogP contribution in [0.3, 0.4) is 0 Å². The number of benzene rings is 3. The van der Waals surface area contributed by atoms with Gasteiger partial charge in [0.2, 0.25) is 5.75 Å². The lowest BCUT2D eigenvalue weighted by atomic mass is 10.1. The van der Waals surface area contributed by atoms with E-state index in [4.69, 9.17) is 14.2 Å². The molecule has 0 spiro atoms. The molecule has 9 heteroatoms. The fourth-order valence-electron chi connectivity index (χ4n) is 3.30. The summed E-state index contributed by atoms with van der Waals surface area (Å²) in [6.45, 7) is 1.86. The Morgan fingerprint density at radius 1 is 0.906 bits per heavy atom. The van der Waals surface area contributed by atoms with Gasteiger partial charge in [0, 0.05) is 11.3 Å². The Balaban J connectivity index is 1.66. The number of nitrogens with one attached hydrogen (secondary N) is 1. The minimum atomic E-state index is -0.349. The van der Waals surface area contributed by atoms with E-state index < -0.39 is 0 Å². The highest BCUT2D eigenvalue weighted by Crippen LogP contribution is 2.38. The first-order chi connectivity index (χ1) is 15.4. The number of anilines is 1. The fourth-order valence-corrected chi connectivity index (χ4v) is 3.30. The molecule has 0 atom stereocenters. The molecule has 0 bridgehead atoms. The zero-order valence-electron chi connectivity index (χ0n) is 18.0. The van der Waals surface area contributed by atoms with Crippen LogP contribution in [-0.4, -0.2) is 42.2 Å². The second-order valence-corrected chi connectivity index (χ2v) is 6.99. The van der Waals surface area contributed by atoms with Gasteiger partial charge in [-0.2, -0.15) is 4.80 Å². The van der Waals surface area contributed by atoms with Crippen LogP contribution < -0.4 is 19.5 Å². The van der Waals surface area contributed by atoms with Gasteiger partial charge in [-0.15, -0.1) is 10.2 Å². The van der Waals surface area contributed by atoms with E-state index in [0.29, 0.717) is 45.2 Å². The highest BCUT2D eigenvalue weighted by Gasteiger charge is 2.18. The SMILES string of the molecule is COc1cc(C(=O)Nc2cc3nn(-c4ccc(F)cc4)nc3cc2C)cc(OC)c1OC. The van der Waals surface area contributed by atoms with E-state index >= 15 is 0 Å². The van der Waals surface area contributed by atoms with Crippen LogP contribution in [0.1, 0.15) is 15.9 Å². The molecule has 4 rings (SSSR count). The van der Waals surface area contributed by atoms with E-state index in [1.54, 1.807) is 30.3 Å². The molecule has 4 aromatic rings. The third-order valence-corrected chi connectivity index (χ3v) is 4.96. The second kappa shape index (κ2) is 8.54. The van der Waals surface area contributed by atoms with Crippen molar-refractivity contribution in [3.63, 3.8) is 0 Å². The van der Waals surface area contributed by atoms with E-state index in [0.717, 1.165) is 5.56 Å². The van der Waals surface area contributed by atoms with Crippen LogP contribution in [0.25, 0.3) is 16.7 Å². The summed E-state index contributed by atoms with van der Waals surface area (Å²) in [6.07, 6.45) is 0. The van der Waals surface area contributed by atoms with Gasteiger partial charge in [0.15, 0.2) is 11.5 Å². The van der Waals surface area contributed by atoms with Crippen molar-refractivity contribution < 1.29 is 23.4 Å². The Morgan fingerprint density at radius 2 is 1.50 bits per heavy atom. The first-order valence-electron chi connectivity index (χ1n) is 9.68. The number of fused-ring (bicyclic) bond motifs is 1. The molecule has 1 heterocycles. The molecule has 1 N–H and O–H groups in total. The number of aromatic nitrogens is 3. The molecule has 0 aliphatic heterocycles. The largest absolute Gasteiger partial charge is 0.493 e. The predicted molar refractivity (Wildman–Crippen MR) is 118 cm³/mol. The summed E-state index contributed by atoms with van der Waals surface area (Å²) in [5, 5.41) is 11.8. The van der Waals surface area contributed by atoms with Crippen molar-refractivity contribution >= 4 is 22.6 Å². The van der Waals surface area contributed by atoms with Crippen LogP contribution in [0.4, 0.5) is 10.1 Å². The highest BCUT2D eigenvalue weighted by molar-refractivity contribution is 6.06. The second-order valence-electron chi connectivity index (χ2n) is 6.99.